The highest BCUT2D eigenvalue weighted by Crippen LogP contribution is 2.32. The predicted molar refractivity (Wildman–Crippen MR) is 170 cm³/mol. The number of carbonyl (C=O) groups excluding carboxylic acids is 2. The Balaban J connectivity index is 1.47. The molecule has 1 atom stereocenters. The molecular formula is C34H40N2O6S. The maximum atomic E-state index is 13.2. The van der Waals surface area contributed by atoms with E-state index >= 15 is 0 Å². The molecular weight excluding hydrogens is 564 g/mol. The lowest BCUT2D eigenvalue weighted by molar-refractivity contribution is -0.143. The summed E-state index contributed by atoms with van der Waals surface area (Å²) < 4.78 is 38.9. The first-order chi connectivity index (χ1) is 20.2. The maximum absolute atomic E-state index is 13.2. The molecule has 3 aromatic carbocycles. The first kappa shape index (κ1) is 32.0. The van der Waals surface area contributed by atoms with Gasteiger partial charge in [-0.15, -0.1) is 0 Å². The molecule has 1 amide bonds. The van der Waals surface area contributed by atoms with Gasteiger partial charge in [0, 0.05) is 16.6 Å². The highest BCUT2D eigenvalue weighted by Gasteiger charge is 2.29. The van der Waals surface area contributed by atoms with Crippen LogP contribution in [0.3, 0.4) is 0 Å². The Kier molecular flexibility index (Phi) is 9.47. The van der Waals surface area contributed by atoms with Crippen molar-refractivity contribution in [2.45, 2.75) is 65.3 Å². The number of carbonyl (C=O) groups is 2. The molecule has 2 N–H and O–H groups in total. The number of methoxy groups -OCH3 is 1. The van der Waals surface area contributed by atoms with E-state index in [0.717, 1.165) is 34.9 Å². The minimum Gasteiger partial charge on any atom is -0.468 e. The van der Waals surface area contributed by atoms with Crippen molar-refractivity contribution in [2.24, 2.45) is 11.3 Å². The number of sulfonamides is 1. The van der Waals surface area contributed by atoms with Gasteiger partial charge in [-0.1, -0.05) is 71.0 Å². The summed E-state index contributed by atoms with van der Waals surface area (Å²) in [5, 5.41) is 3.92. The second kappa shape index (κ2) is 12.7. The van der Waals surface area contributed by atoms with Gasteiger partial charge < -0.3 is 14.5 Å². The number of rotatable bonds is 10. The van der Waals surface area contributed by atoms with Crippen LogP contribution in [0.1, 0.15) is 62.7 Å². The second-order valence-electron chi connectivity index (χ2n) is 12.3. The lowest BCUT2D eigenvalue weighted by atomic mass is 9.87. The van der Waals surface area contributed by atoms with Gasteiger partial charge in [0.25, 0.3) is 5.91 Å². The third kappa shape index (κ3) is 7.53. The van der Waals surface area contributed by atoms with Gasteiger partial charge in [-0.3, -0.25) is 9.59 Å². The van der Waals surface area contributed by atoms with Crippen LogP contribution in [0, 0.1) is 18.3 Å². The molecule has 0 aliphatic carbocycles. The quantitative estimate of drug-likeness (QED) is 0.186. The van der Waals surface area contributed by atoms with Crippen LogP contribution in [0.25, 0.3) is 22.1 Å². The molecule has 1 aromatic heterocycles. The molecule has 0 saturated heterocycles. The average Bonchev–Trinajstić information content (AvgIpc) is 3.31. The minimum absolute atomic E-state index is 0.0393. The minimum atomic E-state index is -3.94. The fraction of sp³-hybridized carbons (Fsp3) is 0.353. The van der Waals surface area contributed by atoms with Crippen molar-refractivity contribution in [2.75, 3.05) is 12.4 Å². The van der Waals surface area contributed by atoms with Crippen molar-refractivity contribution >= 4 is 38.6 Å². The molecule has 0 aliphatic rings. The van der Waals surface area contributed by atoms with Gasteiger partial charge in [0.05, 0.1) is 12.0 Å². The van der Waals surface area contributed by atoms with E-state index in [1.165, 1.54) is 24.8 Å². The van der Waals surface area contributed by atoms with Gasteiger partial charge in [0.1, 0.15) is 11.6 Å². The summed E-state index contributed by atoms with van der Waals surface area (Å²) in [7, 11) is -2.71. The summed E-state index contributed by atoms with van der Waals surface area (Å²) >= 11 is 0. The monoisotopic (exact) mass is 604 g/mol. The van der Waals surface area contributed by atoms with Crippen LogP contribution >= 0.6 is 0 Å². The summed E-state index contributed by atoms with van der Waals surface area (Å²) in [6, 6.07) is 18.6. The predicted octanol–water partition coefficient (Wildman–Crippen LogP) is 7.12. The number of ether oxygens (including phenoxy) is 1. The van der Waals surface area contributed by atoms with E-state index in [1.807, 2.05) is 31.2 Å². The topological polar surface area (TPSA) is 115 Å². The fourth-order valence-electron chi connectivity index (χ4n) is 4.90. The molecule has 0 fully saturated rings. The van der Waals surface area contributed by atoms with Crippen molar-refractivity contribution < 1.29 is 27.2 Å². The number of esters is 1. The van der Waals surface area contributed by atoms with Gasteiger partial charge in [0.2, 0.25) is 10.0 Å². The second-order valence-corrected chi connectivity index (χ2v) is 14.0. The molecule has 4 rings (SSSR count). The van der Waals surface area contributed by atoms with Gasteiger partial charge in [-0.2, -0.15) is 4.72 Å². The van der Waals surface area contributed by atoms with E-state index in [2.05, 4.69) is 36.9 Å². The van der Waals surface area contributed by atoms with Crippen molar-refractivity contribution in [3.05, 3.63) is 83.6 Å². The Morgan fingerprint density at radius 2 is 1.53 bits per heavy atom. The lowest BCUT2D eigenvalue weighted by Gasteiger charge is -2.19. The van der Waals surface area contributed by atoms with E-state index in [-0.39, 0.29) is 22.1 Å². The fourth-order valence-corrected chi connectivity index (χ4v) is 6.23. The summed E-state index contributed by atoms with van der Waals surface area (Å²) in [5.41, 5.74) is 5.14. The van der Waals surface area contributed by atoms with E-state index in [4.69, 9.17) is 9.15 Å². The molecule has 43 heavy (non-hydrogen) atoms. The first-order valence-electron chi connectivity index (χ1n) is 14.3. The van der Waals surface area contributed by atoms with Crippen LogP contribution in [0.5, 0.6) is 0 Å². The van der Waals surface area contributed by atoms with Crippen molar-refractivity contribution in [3.8, 4) is 11.1 Å². The van der Waals surface area contributed by atoms with E-state index in [1.54, 1.807) is 38.1 Å². The normalized spacial score (nSPS) is 12.8. The highest BCUT2D eigenvalue weighted by atomic mass is 32.2. The Morgan fingerprint density at radius 3 is 2.09 bits per heavy atom. The molecule has 4 aromatic rings. The number of hydrogen-bond donors (Lipinski definition) is 2. The Hall–Kier alpha value is -3.95. The summed E-state index contributed by atoms with van der Waals surface area (Å²) in [4.78, 5) is 25.3. The molecule has 0 spiro atoms. The zero-order chi connectivity index (χ0) is 31.5. The molecule has 0 saturated carbocycles. The average molecular weight is 605 g/mol. The summed E-state index contributed by atoms with van der Waals surface area (Å²) in [6.07, 6.45) is 1.92. The zero-order valence-electron chi connectivity index (χ0n) is 25.8. The van der Waals surface area contributed by atoms with Crippen LogP contribution in [0.2, 0.25) is 0 Å². The molecule has 0 bridgehead atoms. The zero-order valence-corrected chi connectivity index (χ0v) is 26.6. The van der Waals surface area contributed by atoms with Gasteiger partial charge in [0.15, 0.2) is 5.76 Å². The molecule has 0 unspecified atom stereocenters. The smallest absolute Gasteiger partial charge is 0.324 e. The maximum Gasteiger partial charge on any atom is 0.324 e. The van der Waals surface area contributed by atoms with Crippen molar-refractivity contribution in [1.82, 2.24) is 4.72 Å². The number of amides is 1. The number of anilines is 1. The third-order valence-electron chi connectivity index (χ3n) is 7.44. The third-order valence-corrected chi connectivity index (χ3v) is 8.89. The molecule has 9 heteroatoms. The highest BCUT2D eigenvalue weighted by molar-refractivity contribution is 7.89. The lowest BCUT2D eigenvalue weighted by Crippen LogP contribution is -2.44. The van der Waals surface area contributed by atoms with Crippen LogP contribution in [0.4, 0.5) is 5.69 Å². The van der Waals surface area contributed by atoms with Crippen molar-refractivity contribution in [3.63, 3.8) is 0 Å². The van der Waals surface area contributed by atoms with Crippen LogP contribution < -0.4 is 10.0 Å². The molecule has 8 nitrogen and oxygen atoms in total. The molecule has 228 valence electrons. The van der Waals surface area contributed by atoms with E-state index in [9.17, 15) is 18.0 Å². The summed E-state index contributed by atoms with van der Waals surface area (Å²) in [5.74, 6) is -0.956. The standard InChI is InChI=1S/C34H40N2O6S/c1-21(2)30(33(38)41-7)36-43(39,40)27-17-13-24(14-18-27)23-11-15-26(16-12-23)35-32(37)31-22(3)29-25(19-20-34(4,5)6)9-8-10-28(29)42-31/h8-18,21,30,36H,19-20H2,1-7H3,(H,35,37)/t30-/m0/s1. The molecule has 0 radical (unpaired) electrons. The largest absolute Gasteiger partial charge is 0.468 e. The Morgan fingerprint density at radius 1 is 0.930 bits per heavy atom. The number of benzene rings is 3. The first-order valence-corrected chi connectivity index (χ1v) is 15.8. The Labute approximate surface area is 253 Å². The van der Waals surface area contributed by atoms with Gasteiger partial charge >= 0.3 is 5.97 Å². The Bertz CT molecular complexity index is 1710. The van der Waals surface area contributed by atoms with Gasteiger partial charge in [-0.25, -0.2) is 8.42 Å². The van der Waals surface area contributed by atoms with Crippen LogP contribution in [0.15, 0.2) is 76.0 Å². The van der Waals surface area contributed by atoms with Gasteiger partial charge in [-0.05, 0) is 78.1 Å². The number of fused-ring (bicyclic) bond motifs is 1. The number of hydrogen-bond acceptors (Lipinski definition) is 6. The summed E-state index contributed by atoms with van der Waals surface area (Å²) in [6.45, 7) is 12.0. The number of furan rings is 1. The van der Waals surface area contributed by atoms with E-state index < -0.39 is 22.0 Å². The van der Waals surface area contributed by atoms with E-state index in [0.29, 0.717) is 17.0 Å². The number of nitrogens with one attached hydrogen (secondary N) is 2. The molecule has 1 heterocycles. The van der Waals surface area contributed by atoms with Crippen molar-refractivity contribution in [1.29, 1.82) is 0 Å². The van der Waals surface area contributed by atoms with Crippen LogP contribution in [-0.2, 0) is 26.0 Å². The number of aryl methyl sites for hydroxylation is 2. The molecule has 0 aliphatic heterocycles. The SMILES string of the molecule is COC(=O)[C@@H](NS(=O)(=O)c1ccc(-c2ccc(NC(=O)c3oc4cccc(CCC(C)(C)C)c4c3C)cc2)cc1)C(C)C. The van der Waals surface area contributed by atoms with Crippen LogP contribution in [-0.4, -0.2) is 33.4 Å².